The fourth-order valence-corrected chi connectivity index (χ4v) is 3.86. The lowest BCUT2D eigenvalue weighted by Gasteiger charge is -2.44. The van der Waals surface area contributed by atoms with Crippen LogP contribution in [0.5, 0.6) is 0 Å². The molecular formula is C24H52N2. The molecule has 2 heteroatoms. The zero-order valence-corrected chi connectivity index (χ0v) is 20.7. The van der Waals surface area contributed by atoms with E-state index < -0.39 is 0 Å². The van der Waals surface area contributed by atoms with E-state index in [1.807, 2.05) is 0 Å². The minimum Gasteiger partial charge on any atom is -0.298 e. The molecule has 0 fully saturated rings. The zero-order chi connectivity index (χ0) is 21.0. The van der Waals surface area contributed by atoms with Gasteiger partial charge in [-0.2, -0.15) is 0 Å². The first kappa shape index (κ1) is 25.9. The molecule has 0 aliphatic heterocycles. The van der Waals surface area contributed by atoms with E-state index in [0.29, 0.717) is 16.9 Å². The van der Waals surface area contributed by atoms with Gasteiger partial charge in [0.15, 0.2) is 0 Å². The second-order valence-electron chi connectivity index (χ2n) is 12.7. The minimum atomic E-state index is 0.237. The van der Waals surface area contributed by atoms with E-state index in [0.717, 1.165) is 0 Å². The lowest BCUT2D eigenvalue weighted by Crippen LogP contribution is -2.50. The Hall–Kier alpha value is -0.0800. The van der Waals surface area contributed by atoms with Gasteiger partial charge in [0.1, 0.15) is 0 Å². The van der Waals surface area contributed by atoms with E-state index in [9.17, 15) is 0 Å². The molecule has 0 aromatic carbocycles. The van der Waals surface area contributed by atoms with E-state index in [1.54, 1.807) is 0 Å². The predicted molar refractivity (Wildman–Crippen MR) is 120 cm³/mol. The predicted octanol–water partition coefficient (Wildman–Crippen LogP) is 6.84. The smallest absolute Gasteiger partial charge is 0.0127 e. The molecule has 0 aliphatic carbocycles. The topological polar surface area (TPSA) is 6.48 Å². The molecule has 0 unspecified atom stereocenters. The average Bonchev–Trinajstić information content (AvgIpc) is 2.35. The molecule has 0 rings (SSSR count). The van der Waals surface area contributed by atoms with Crippen LogP contribution in [0.15, 0.2) is 0 Å². The van der Waals surface area contributed by atoms with Crippen LogP contribution in [0.3, 0.4) is 0 Å². The third-order valence-corrected chi connectivity index (χ3v) is 5.23. The Kier molecular flexibility index (Phi) is 9.38. The van der Waals surface area contributed by atoms with Crippen molar-refractivity contribution in [2.24, 2.45) is 10.8 Å². The van der Waals surface area contributed by atoms with Gasteiger partial charge < -0.3 is 0 Å². The largest absolute Gasteiger partial charge is 0.298 e. The molecular weight excluding hydrogens is 316 g/mol. The van der Waals surface area contributed by atoms with Crippen molar-refractivity contribution in [3.63, 3.8) is 0 Å². The summed E-state index contributed by atoms with van der Waals surface area (Å²) in [5, 5.41) is 0. The van der Waals surface area contributed by atoms with Gasteiger partial charge in [0.05, 0.1) is 0 Å². The second kappa shape index (κ2) is 9.41. The van der Waals surface area contributed by atoms with Crippen LogP contribution >= 0.6 is 0 Å². The molecule has 0 saturated carbocycles. The van der Waals surface area contributed by atoms with Crippen molar-refractivity contribution >= 4 is 0 Å². The second-order valence-corrected chi connectivity index (χ2v) is 12.7. The molecule has 0 aromatic heterocycles. The zero-order valence-electron chi connectivity index (χ0n) is 20.7. The molecule has 0 saturated heterocycles. The van der Waals surface area contributed by atoms with Gasteiger partial charge in [-0.15, -0.1) is 0 Å². The van der Waals surface area contributed by atoms with Crippen LogP contribution in [-0.4, -0.2) is 46.6 Å². The van der Waals surface area contributed by atoms with E-state index in [1.165, 1.54) is 38.9 Å². The normalized spacial score (nSPS) is 14.8. The Balaban J connectivity index is 4.63. The molecule has 26 heavy (non-hydrogen) atoms. The van der Waals surface area contributed by atoms with E-state index in [2.05, 4.69) is 99.8 Å². The Morgan fingerprint density at radius 2 is 1.15 bits per heavy atom. The van der Waals surface area contributed by atoms with E-state index in [4.69, 9.17) is 0 Å². The highest BCUT2D eigenvalue weighted by Crippen LogP contribution is 2.30. The Bertz CT molecular complexity index is 388. The fraction of sp³-hybridized carbons (Fsp3) is 1.00. The van der Waals surface area contributed by atoms with Crippen LogP contribution in [0, 0.1) is 10.8 Å². The Labute approximate surface area is 167 Å². The number of rotatable bonds is 9. The van der Waals surface area contributed by atoms with Gasteiger partial charge in [-0.05, 0) is 85.6 Å². The van der Waals surface area contributed by atoms with E-state index in [-0.39, 0.29) is 11.1 Å². The molecule has 0 aliphatic rings. The van der Waals surface area contributed by atoms with Gasteiger partial charge in [0.2, 0.25) is 0 Å². The Morgan fingerprint density at radius 1 is 0.654 bits per heavy atom. The van der Waals surface area contributed by atoms with Gasteiger partial charge in [0.25, 0.3) is 0 Å². The van der Waals surface area contributed by atoms with Crippen molar-refractivity contribution in [3.8, 4) is 0 Å². The van der Waals surface area contributed by atoms with Crippen molar-refractivity contribution < 1.29 is 0 Å². The summed E-state index contributed by atoms with van der Waals surface area (Å²) in [5.74, 6) is 0. The molecule has 0 aromatic rings. The lowest BCUT2D eigenvalue weighted by atomic mass is 9.84. The van der Waals surface area contributed by atoms with Crippen molar-refractivity contribution in [3.05, 3.63) is 0 Å². The van der Waals surface area contributed by atoms with Crippen LogP contribution in [0.4, 0.5) is 0 Å². The molecule has 0 amide bonds. The quantitative estimate of drug-likeness (QED) is 0.411. The van der Waals surface area contributed by atoms with Crippen LogP contribution in [-0.2, 0) is 0 Å². The van der Waals surface area contributed by atoms with Crippen molar-refractivity contribution in [1.29, 1.82) is 0 Å². The monoisotopic (exact) mass is 368 g/mol. The van der Waals surface area contributed by atoms with Crippen LogP contribution in [0.2, 0.25) is 0 Å². The lowest BCUT2D eigenvalue weighted by molar-refractivity contribution is 0.0484. The Morgan fingerprint density at radius 3 is 1.50 bits per heavy atom. The van der Waals surface area contributed by atoms with Crippen molar-refractivity contribution in [2.75, 3.05) is 19.6 Å². The molecule has 0 radical (unpaired) electrons. The summed E-state index contributed by atoms with van der Waals surface area (Å²) in [4.78, 5) is 5.34. The van der Waals surface area contributed by atoms with Crippen LogP contribution in [0.1, 0.15) is 109 Å². The molecule has 0 N–H and O–H groups in total. The summed E-state index contributed by atoms with van der Waals surface area (Å²) in [6.45, 7) is 34.3. The number of nitrogens with zero attached hydrogens (tertiary/aromatic N) is 2. The third kappa shape index (κ3) is 10.9. The van der Waals surface area contributed by atoms with Crippen molar-refractivity contribution in [2.45, 2.75) is 126 Å². The van der Waals surface area contributed by atoms with Crippen LogP contribution in [0.25, 0.3) is 0 Å². The maximum Gasteiger partial charge on any atom is 0.0127 e. The maximum absolute atomic E-state index is 2.68. The first-order chi connectivity index (χ1) is 11.4. The molecule has 0 heterocycles. The maximum atomic E-state index is 2.68. The standard InChI is InChI=1S/C24H52N2/c1-20(2)26(23(9,10)11)19-24(12,13)16-14-15-17-25(22(6,7)8)18-21(3,4)5/h20H,14-19H2,1-13H3. The average molecular weight is 369 g/mol. The van der Waals surface area contributed by atoms with E-state index >= 15 is 0 Å². The minimum absolute atomic E-state index is 0.237. The van der Waals surface area contributed by atoms with Gasteiger partial charge in [0, 0.05) is 30.2 Å². The summed E-state index contributed by atoms with van der Waals surface area (Å²) in [6.07, 6.45) is 3.92. The highest BCUT2D eigenvalue weighted by atomic mass is 15.2. The third-order valence-electron chi connectivity index (χ3n) is 5.23. The summed E-state index contributed by atoms with van der Waals surface area (Å²) < 4.78 is 0. The molecule has 158 valence electrons. The summed E-state index contributed by atoms with van der Waals surface area (Å²) in [5.41, 5.74) is 1.22. The number of hydrogen-bond donors (Lipinski definition) is 0. The summed E-state index contributed by atoms with van der Waals surface area (Å²) >= 11 is 0. The molecule has 2 nitrogen and oxygen atoms in total. The highest BCUT2D eigenvalue weighted by molar-refractivity contribution is 4.85. The molecule has 0 atom stereocenters. The highest BCUT2D eigenvalue weighted by Gasteiger charge is 2.30. The molecule has 0 spiro atoms. The number of unbranched alkanes of at least 4 members (excludes halogenated alkanes) is 1. The van der Waals surface area contributed by atoms with Crippen molar-refractivity contribution in [1.82, 2.24) is 9.80 Å². The number of hydrogen-bond acceptors (Lipinski definition) is 2. The first-order valence-electron chi connectivity index (χ1n) is 10.9. The fourth-order valence-electron chi connectivity index (χ4n) is 3.86. The molecule has 0 bridgehead atoms. The van der Waals surface area contributed by atoms with Gasteiger partial charge in [-0.25, -0.2) is 0 Å². The SMILES string of the molecule is CC(C)N(CC(C)(C)CCCCN(CC(C)(C)C)C(C)(C)C)C(C)(C)C. The van der Waals surface area contributed by atoms with Gasteiger partial charge in [-0.3, -0.25) is 9.80 Å². The van der Waals surface area contributed by atoms with Gasteiger partial charge >= 0.3 is 0 Å². The summed E-state index contributed by atoms with van der Waals surface area (Å²) in [6, 6.07) is 0.595. The summed E-state index contributed by atoms with van der Waals surface area (Å²) in [7, 11) is 0. The first-order valence-corrected chi connectivity index (χ1v) is 10.9. The van der Waals surface area contributed by atoms with Gasteiger partial charge in [-0.1, -0.05) is 41.0 Å². The van der Waals surface area contributed by atoms with Crippen LogP contribution < -0.4 is 0 Å².